The van der Waals surface area contributed by atoms with E-state index in [-0.39, 0.29) is 50.4 Å². The summed E-state index contributed by atoms with van der Waals surface area (Å²) in [6, 6.07) is 5.93. The van der Waals surface area contributed by atoms with Crippen LogP contribution in [0.3, 0.4) is 0 Å². The van der Waals surface area contributed by atoms with Crippen molar-refractivity contribution in [2.45, 2.75) is 74.3 Å². The van der Waals surface area contributed by atoms with Crippen LogP contribution in [-0.2, 0) is 33.3 Å². The third-order valence-electron chi connectivity index (χ3n) is 8.40. The molecule has 0 saturated carbocycles. The van der Waals surface area contributed by atoms with E-state index in [4.69, 9.17) is 28.8 Å². The maximum atomic E-state index is 13.5. The van der Waals surface area contributed by atoms with Crippen molar-refractivity contribution < 1.29 is 63.6 Å². The zero-order valence-corrected chi connectivity index (χ0v) is 25.1. The summed E-state index contributed by atoms with van der Waals surface area (Å²) in [6.07, 6.45) is -2.77. The Morgan fingerprint density at radius 3 is 2.70 bits per heavy atom. The summed E-state index contributed by atoms with van der Waals surface area (Å²) in [4.78, 5) is 40.9. The number of hydrogen-bond acceptors (Lipinski definition) is 13. The standard InChI is InChI=1S/C31H40N2O13/c34-10-8-32-28(39)20-7-2-9-33(20)29(40)19-13-21-27(44-16-43-21)22(14-19)45-30(41)18-6-1-4-17(12-18)5-3-11-42-31-26(38)25(37)24(36)23(15-35)46-31/h1,3-6,12-13,20-27,31,34-38H,2,7-11,14-16H2,(H,32,39)/t20-,21-,22-,23-,24+,25+,26-,27-,31+/m1/s1. The first-order valence-corrected chi connectivity index (χ1v) is 15.2. The molecule has 5 rings (SSSR count). The maximum absolute atomic E-state index is 13.5. The van der Waals surface area contributed by atoms with Crippen molar-refractivity contribution in [3.63, 3.8) is 0 Å². The van der Waals surface area contributed by atoms with Crippen LogP contribution in [-0.4, -0.2) is 143 Å². The number of hydrogen-bond donors (Lipinski definition) is 6. The number of rotatable bonds is 11. The Morgan fingerprint density at radius 1 is 1.09 bits per heavy atom. The third kappa shape index (κ3) is 7.65. The Labute approximate surface area is 264 Å². The number of likely N-dealkylation sites (tertiary alicyclic amines) is 1. The van der Waals surface area contributed by atoms with Gasteiger partial charge in [0.2, 0.25) is 11.8 Å². The number of aliphatic hydroxyl groups is 5. The van der Waals surface area contributed by atoms with Gasteiger partial charge < -0.3 is 59.4 Å². The molecular formula is C31H40N2O13. The predicted molar refractivity (Wildman–Crippen MR) is 157 cm³/mol. The van der Waals surface area contributed by atoms with Gasteiger partial charge in [-0.1, -0.05) is 24.3 Å². The normalized spacial score (nSPS) is 32.7. The van der Waals surface area contributed by atoms with Gasteiger partial charge >= 0.3 is 5.97 Å². The van der Waals surface area contributed by atoms with Crippen LogP contribution in [0.4, 0.5) is 0 Å². The summed E-state index contributed by atoms with van der Waals surface area (Å²) in [5, 5.41) is 50.9. The molecule has 3 fully saturated rings. The van der Waals surface area contributed by atoms with Crippen LogP contribution in [0.2, 0.25) is 0 Å². The molecule has 15 nitrogen and oxygen atoms in total. The molecule has 2 amide bonds. The van der Waals surface area contributed by atoms with E-state index in [1.54, 1.807) is 42.5 Å². The van der Waals surface area contributed by atoms with Crippen LogP contribution in [0.1, 0.15) is 35.2 Å². The fraction of sp³-hybridized carbons (Fsp3) is 0.581. The van der Waals surface area contributed by atoms with Gasteiger partial charge in [-0.05, 0) is 36.6 Å². The quantitative estimate of drug-likeness (QED) is 0.147. The molecule has 9 atom stereocenters. The van der Waals surface area contributed by atoms with Gasteiger partial charge in [-0.15, -0.1) is 0 Å². The molecule has 1 aromatic carbocycles. The first-order chi connectivity index (χ1) is 22.2. The molecule has 1 aromatic rings. The van der Waals surface area contributed by atoms with E-state index in [1.165, 1.54) is 4.90 Å². The number of benzene rings is 1. The Morgan fingerprint density at radius 2 is 1.91 bits per heavy atom. The SMILES string of the molecule is O=C(O[C@@H]1CC(C(=O)N2CCC[C@@H]2C(=O)NCCO)=C[C@H]2OCO[C@H]21)c1cccc(C=CCO[C@H]2O[C@H](CO)[C@H](O)[C@H](O)[C@H]2O)c1. The molecule has 46 heavy (non-hydrogen) atoms. The van der Waals surface area contributed by atoms with Crippen molar-refractivity contribution in [2.75, 3.05) is 39.7 Å². The number of aliphatic hydroxyl groups excluding tert-OH is 5. The van der Waals surface area contributed by atoms with E-state index in [1.807, 2.05) is 0 Å². The molecule has 1 aliphatic carbocycles. The lowest BCUT2D eigenvalue weighted by molar-refractivity contribution is -0.298. The van der Waals surface area contributed by atoms with Crippen molar-refractivity contribution in [3.05, 3.63) is 53.1 Å². The van der Waals surface area contributed by atoms with Gasteiger partial charge in [0, 0.05) is 25.1 Å². The van der Waals surface area contributed by atoms with Gasteiger partial charge in [-0.3, -0.25) is 9.59 Å². The van der Waals surface area contributed by atoms with Crippen molar-refractivity contribution in [2.24, 2.45) is 0 Å². The zero-order valence-electron chi connectivity index (χ0n) is 25.1. The number of nitrogens with one attached hydrogen (secondary N) is 1. The summed E-state index contributed by atoms with van der Waals surface area (Å²) in [7, 11) is 0. The number of carbonyl (C=O) groups is 3. The number of amides is 2. The van der Waals surface area contributed by atoms with E-state index in [2.05, 4.69) is 5.32 Å². The van der Waals surface area contributed by atoms with Crippen LogP contribution in [0.5, 0.6) is 0 Å². The molecule has 0 bridgehead atoms. The molecule has 0 spiro atoms. The van der Waals surface area contributed by atoms with E-state index < -0.39 is 67.6 Å². The number of carbonyl (C=O) groups excluding carboxylic acids is 3. The Hall–Kier alpha value is -3.25. The molecule has 6 N–H and O–H groups in total. The minimum Gasteiger partial charge on any atom is -0.456 e. The predicted octanol–water partition coefficient (Wildman–Crippen LogP) is -1.79. The second-order valence-electron chi connectivity index (χ2n) is 11.4. The highest BCUT2D eigenvalue weighted by molar-refractivity contribution is 5.98. The van der Waals surface area contributed by atoms with E-state index in [0.717, 1.165) is 0 Å². The number of ether oxygens (including phenoxy) is 5. The lowest BCUT2D eigenvalue weighted by Crippen LogP contribution is -2.59. The Bertz CT molecular complexity index is 1300. The van der Waals surface area contributed by atoms with Crippen molar-refractivity contribution >= 4 is 23.9 Å². The highest BCUT2D eigenvalue weighted by Gasteiger charge is 2.45. The van der Waals surface area contributed by atoms with Gasteiger partial charge in [-0.25, -0.2) is 4.79 Å². The largest absolute Gasteiger partial charge is 0.456 e. The zero-order chi connectivity index (χ0) is 32.8. The summed E-state index contributed by atoms with van der Waals surface area (Å²) in [5.74, 6) is -1.30. The van der Waals surface area contributed by atoms with Crippen molar-refractivity contribution in [3.8, 4) is 0 Å². The summed E-state index contributed by atoms with van der Waals surface area (Å²) < 4.78 is 28.0. The minimum atomic E-state index is -1.55. The topological polar surface area (TPSA) is 214 Å². The van der Waals surface area contributed by atoms with Crippen molar-refractivity contribution in [1.29, 1.82) is 0 Å². The van der Waals surface area contributed by atoms with E-state index in [9.17, 15) is 34.8 Å². The first kappa shape index (κ1) is 34.1. The molecule has 0 radical (unpaired) electrons. The Kier molecular flexibility index (Phi) is 11.5. The molecule has 3 heterocycles. The molecule has 0 aromatic heterocycles. The summed E-state index contributed by atoms with van der Waals surface area (Å²) >= 11 is 0. The lowest BCUT2D eigenvalue weighted by atomic mass is 9.91. The van der Waals surface area contributed by atoms with Crippen LogP contribution in [0, 0.1) is 0 Å². The molecule has 4 aliphatic rings. The second kappa shape index (κ2) is 15.6. The van der Waals surface area contributed by atoms with Gasteiger partial charge in [0.15, 0.2) is 6.29 Å². The van der Waals surface area contributed by atoms with Crippen LogP contribution in [0.15, 0.2) is 42.0 Å². The summed E-state index contributed by atoms with van der Waals surface area (Å²) in [5.41, 5.74) is 1.24. The maximum Gasteiger partial charge on any atom is 0.338 e. The molecule has 252 valence electrons. The minimum absolute atomic E-state index is 0.0251. The average Bonchev–Trinajstić information content (AvgIpc) is 3.76. The summed E-state index contributed by atoms with van der Waals surface area (Å²) in [6.45, 7) is -0.351. The molecular weight excluding hydrogens is 608 g/mol. The molecule has 0 unspecified atom stereocenters. The number of nitrogens with zero attached hydrogens (tertiary/aromatic N) is 1. The van der Waals surface area contributed by atoms with Gasteiger partial charge in [0.05, 0.1) is 25.4 Å². The molecule has 3 aliphatic heterocycles. The van der Waals surface area contributed by atoms with Gasteiger partial charge in [-0.2, -0.15) is 0 Å². The highest BCUT2D eigenvalue weighted by Crippen LogP contribution is 2.33. The lowest BCUT2D eigenvalue weighted by Gasteiger charge is -2.39. The fourth-order valence-electron chi connectivity index (χ4n) is 5.99. The molecule has 15 heteroatoms. The van der Waals surface area contributed by atoms with Crippen molar-refractivity contribution in [1.82, 2.24) is 10.2 Å². The van der Waals surface area contributed by atoms with Crippen LogP contribution >= 0.6 is 0 Å². The van der Waals surface area contributed by atoms with Gasteiger partial charge in [0.1, 0.15) is 55.6 Å². The van der Waals surface area contributed by atoms with Gasteiger partial charge in [0.25, 0.3) is 0 Å². The first-order valence-electron chi connectivity index (χ1n) is 15.2. The smallest absolute Gasteiger partial charge is 0.338 e. The van der Waals surface area contributed by atoms with Crippen LogP contribution in [0.25, 0.3) is 6.08 Å². The molecule has 3 saturated heterocycles. The number of esters is 1. The average molecular weight is 649 g/mol. The monoisotopic (exact) mass is 648 g/mol. The Balaban J connectivity index is 1.19. The van der Waals surface area contributed by atoms with E-state index >= 15 is 0 Å². The second-order valence-corrected chi connectivity index (χ2v) is 11.4. The third-order valence-corrected chi connectivity index (χ3v) is 8.40. The van der Waals surface area contributed by atoms with Crippen LogP contribution < -0.4 is 5.32 Å². The van der Waals surface area contributed by atoms with E-state index in [0.29, 0.717) is 30.5 Å². The fourth-order valence-corrected chi connectivity index (χ4v) is 5.99. The number of fused-ring (bicyclic) bond motifs is 1. The highest BCUT2D eigenvalue weighted by atomic mass is 16.7.